The first-order chi connectivity index (χ1) is 8.72. The van der Waals surface area contributed by atoms with Gasteiger partial charge < -0.3 is 5.32 Å². The Morgan fingerprint density at radius 1 is 1.56 bits per heavy atom. The van der Waals surface area contributed by atoms with E-state index < -0.39 is 5.82 Å². The van der Waals surface area contributed by atoms with E-state index in [1.165, 1.54) is 12.3 Å². The minimum absolute atomic E-state index is 0.182. The number of hydrogen-bond acceptors (Lipinski definition) is 4. The van der Waals surface area contributed by atoms with E-state index in [1.54, 1.807) is 0 Å². The summed E-state index contributed by atoms with van der Waals surface area (Å²) in [6, 6.07) is 1.49. The second-order valence-corrected chi connectivity index (χ2v) is 4.35. The number of nitrogens with zero attached hydrogens (tertiary/aromatic N) is 2. The number of anilines is 1. The summed E-state index contributed by atoms with van der Waals surface area (Å²) in [6.45, 7) is 2.09. The van der Waals surface area contributed by atoms with Crippen LogP contribution in [0.2, 0.25) is 0 Å². The van der Waals surface area contributed by atoms with E-state index in [9.17, 15) is 13.6 Å². The van der Waals surface area contributed by atoms with Crippen molar-refractivity contribution in [2.24, 2.45) is 0 Å². The summed E-state index contributed by atoms with van der Waals surface area (Å²) in [5, 5.41) is 3.12. The van der Waals surface area contributed by atoms with Gasteiger partial charge in [0.2, 0.25) is 0 Å². The molecule has 0 bridgehead atoms. The molecule has 1 aliphatic heterocycles. The topological polar surface area (TPSA) is 45.2 Å². The van der Waals surface area contributed by atoms with Crippen LogP contribution in [0.4, 0.5) is 14.5 Å². The minimum Gasteiger partial charge on any atom is -0.378 e. The minimum atomic E-state index is -0.622. The van der Waals surface area contributed by atoms with Crippen LogP contribution < -0.4 is 5.32 Å². The van der Waals surface area contributed by atoms with Gasteiger partial charge in [-0.25, -0.2) is 9.37 Å². The van der Waals surface area contributed by atoms with Gasteiger partial charge in [0.25, 0.3) is 0 Å². The van der Waals surface area contributed by atoms with Crippen LogP contribution in [0.3, 0.4) is 0 Å². The van der Waals surface area contributed by atoms with E-state index >= 15 is 0 Å². The molecule has 0 spiro atoms. The van der Waals surface area contributed by atoms with Crippen molar-refractivity contribution in [3.8, 4) is 0 Å². The van der Waals surface area contributed by atoms with E-state index in [4.69, 9.17) is 0 Å². The van der Waals surface area contributed by atoms with Gasteiger partial charge in [-0.2, -0.15) is 0 Å². The summed E-state index contributed by atoms with van der Waals surface area (Å²) in [5.74, 6) is -0.622. The highest BCUT2D eigenvalue weighted by Gasteiger charge is 2.25. The highest BCUT2D eigenvalue weighted by molar-refractivity contribution is 5.72. The van der Waals surface area contributed by atoms with Crippen LogP contribution in [0, 0.1) is 5.82 Å². The number of aromatic nitrogens is 1. The number of likely N-dealkylation sites (tertiary alicyclic amines) is 1. The third-order valence-electron chi connectivity index (χ3n) is 2.92. The molecule has 0 atom stereocenters. The summed E-state index contributed by atoms with van der Waals surface area (Å²) in [5.41, 5.74) is 0.381. The van der Waals surface area contributed by atoms with Gasteiger partial charge in [-0.1, -0.05) is 0 Å². The van der Waals surface area contributed by atoms with Crippen molar-refractivity contribution in [3.05, 3.63) is 23.8 Å². The molecule has 1 aliphatic rings. The Balaban J connectivity index is 1.81. The average Bonchev–Trinajstić information content (AvgIpc) is 2.32. The SMILES string of the molecule is O=Cc1ncc(NC2CN(CCCF)C2)cc1F. The first-order valence-electron chi connectivity index (χ1n) is 5.88. The van der Waals surface area contributed by atoms with Crippen molar-refractivity contribution in [1.29, 1.82) is 0 Å². The second-order valence-electron chi connectivity index (χ2n) is 4.35. The predicted molar refractivity (Wildman–Crippen MR) is 64.0 cm³/mol. The van der Waals surface area contributed by atoms with Gasteiger partial charge in [0.1, 0.15) is 5.69 Å². The lowest BCUT2D eigenvalue weighted by Crippen LogP contribution is -2.54. The molecule has 1 N–H and O–H groups in total. The van der Waals surface area contributed by atoms with E-state index in [1.807, 2.05) is 0 Å². The first-order valence-corrected chi connectivity index (χ1v) is 5.88. The van der Waals surface area contributed by atoms with Gasteiger partial charge >= 0.3 is 0 Å². The molecule has 0 aromatic carbocycles. The van der Waals surface area contributed by atoms with Crippen LogP contribution in [-0.2, 0) is 0 Å². The molecule has 2 heterocycles. The Morgan fingerprint density at radius 3 is 2.94 bits per heavy atom. The van der Waals surface area contributed by atoms with Crippen LogP contribution in [0.25, 0.3) is 0 Å². The van der Waals surface area contributed by atoms with Crippen molar-refractivity contribution in [2.75, 3.05) is 31.6 Å². The lowest BCUT2D eigenvalue weighted by atomic mass is 10.1. The molecule has 1 saturated heterocycles. The highest BCUT2D eigenvalue weighted by atomic mass is 19.1. The van der Waals surface area contributed by atoms with Crippen LogP contribution >= 0.6 is 0 Å². The number of alkyl halides is 1. The molecule has 2 rings (SSSR count). The fraction of sp³-hybridized carbons (Fsp3) is 0.500. The molecule has 6 heteroatoms. The summed E-state index contributed by atoms with van der Waals surface area (Å²) < 4.78 is 25.2. The standard InChI is InChI=1S/C12H15F2N3O/c13-2-1-3-17-6-10(7-17)16-9-4-11(14)12(8-18)15-5-9/h4-5,8,10,16H,1-3,6-7H2. The van der Waals surface area contributed by atoms with Gasteiger partial charge in [0.15, 0.2) is 12.1 Å². The van der Waals surface area contributed by atoms with E-state index in [-0.39, 0.29) is 18.4 Å². The lowest BCUT2D eigenvalue weighted by molar-refractivity contribution is 0.111. The number of nitrogens with one attached hydrogen (secondary N) is 1. The third kappa shape index (κ3) is 3.01. The largest absolute Gasteiger partial charge is 0.378 e. The fourth-order valence-corrected chi connectivity index (χ4v) is 1.98. The Kier molecular flexibility index (Phi) is 4.19. The molecule has 0 aliphatic carbocycles. The number of carbonyl (C=O) groups is 1. The summed E-state index contributed by atoms with van der Waals surface area (Å²) >= 11 is 0. The number of pyridine rings is 1. The molecule has 18 heavy (non-hydrogen) atoms. The Bertz CT molecular complexity index is 422. The molecule has 0 unspecified atom stereocenters. The Morgan fingerprint density at radius 2 is 2.33 bits per heavy atom. The zero-order valence-corrected chi connectivity index (χ0v) is 9.90. The zero-order valence-electron chi connectivity index (χ0n) is 9.90. The van der Waals surface area contributed by atoms with Crippen LogP contribution in [-0.4, -0.2) is 48.5 Å². The molecule has 4 nitrogen and oxygen atoms in total. The van der Waals surface area contributed by atoms with E-state index in [0.717, 1.165) is 19.6 Å². The van der Waals surface area contributed by atoms with Gasteiger partial charge in [-0.15, -0.1) is 0 Å². The molecular formula is C12H15F2N3O. The van der Waals surface area contributed by atoms with Crippen molar-refractivity contribution < 1.29 is 13.6 Å². The summed E-state index contributed by atoms with van der Waals surface area (Å²) in [6.07, 6.45) is 2.38. The molecule has 0 amide bonds. The van der Waals surface area contributed by atoms with Gasteiger partial charge in [-0.05, 0) is 6.42 Å². The quantitative estimate of drug-likeness (QED) is 0.782. The maximum atomic E-state index is 13.3. The van der Waals surface area contributed by atoms with Gasteiger partial charge in [0.05, 0.1) is 24.6 Å². The van der Waals surface area contributed by atoms with Crippen LogP contribution in [0.15, 0.2) is 12.3 Å². The van der Waals surface area contributed by atoms with Crippen LogP contribution in [0.5, 0.6) is 0 Å². The molecular weight excluding hydrogens is 240 g/mol. The second kappa shape index (κ2) is 5.86. The van der Waals surface area contributed by atoms with Crippen molar-refractivity contribution >= 4 is 12.0 Å². The molecule has 1 aromatic rings. The van der Waals surface area contributed by atoms with Crippen LogP contribution in [0.1, 0.15) is 16.9 Å². The summed E-state index contributed by atoms with van der Waals surface area (Å²) in [7, 11) is 0. The zero-order chi connectivity index (χ0) is 13.0. The smallest absolute Gasteiger partial charge is 0.171 e. The maximum Gasteiger partial charge on any atom is 0.171 e. The van der Waals surface area contributed by atoms with Crippen molar-refractivity contribution in [2.45, 2.75) is 12.5 Å². The molecule has 1 aromatic heterocycles. The lowest BCUT2D eigenvalue weighted by Gasteiger charge is -2.40. The number of rotatable bonds is 6. The molecule has 0 radical (unpaired) electrons. The van der Waals surface area contributed by atoms with Crippen molar-refractivity contribution in [1.82, 2.24) is 9.88 Å². The average molecular weight is 255 g/mol. The summed E-state index contributed by atoms with van der Waals surface area (Å²) in [4.78, 5) is 16.2. The Labute approximate surface area is 104 Å². The predicted octanol–water partition coefficient (Wildman–Crippen LogP) is 1.49. The number of carbonyl (C=O) groups excluding carboxylic acids is 1. The van der Waals surface area contributed by atoms with Gasteiger partial charge in [0, 0.05) is 25.7 Å². The number of halogens is 2. The van der Waals surface area contributed by atoms with Gasteiger partial charge in [-0.3, -0.25) is 14.1 Å². The molecule has 1 fully saturated rings. The highest BCUT2D eigenvalue weighted by Crippen LogP contribution is 2.16. The monoisotopic (exact) mass is 255 g/mol. The number of aldehydes is 1. The fourth-order valence-electron chi connectivity index (χ4n) is 1.98. The van der Waals surface area contributed by atoms with E-state index in [0.29, 0.717) is 18.4 Å². The Hall–Kier alpha value is -1.56. The van der Waals surface area contributed by atoms with Crippen molar-refractivity contribution in [3.63, 3.8) is 0 Å². The molecule has 98 valence electrons. The maximum absolute atomic E-state index is 13.3. The number of hydrogen-bond donors (Lipinski definition) is 1. The molecule has 0 saturated carbocycles. The van der Waals surface area contributed by atoms with E-state index in [2.05, 4.69) is 15.2 Å². The first kappa shape index (κ1) is 12.9. The third-order valence-corrected chi connectivity index (χ3v) is 2.92. The normalized spacial score (nSPS) is 16.3.